The van der Waals surface area contributed by atoms with E-state index in [1.54, 1.807) is 0 Å². The van der Waals surface area contributed by atoms with Crippen molar-refractivity contribution < 1.29 is 0 Å². The van der Waals surface area contributed by atoms with Gasteiger partial charge in [-0.15, -0.1) is 0 Å². The molecule has 2 aromatic carbocycles. The summed E-state index contributed by atoms with van der Waals surface area (Å²) in [6.07, 6.45) is 4.88. The van der Waals surface area contributed by atoms with Gasteiger partial charge < -0.3 is 5.32 Å². The number of rotatable bonds is 3. The van der Waals surface area contributed by atoms with Crippen LogP contribution in [0.1, 0.15) is 23.6 Å². The van der Waals surface area contributed by atoms with Crippen molar-refractivity contribution in [3.63, 3.8) is 0 Å². The zero-order chi connectivity index (χ0) is 17.9. The Morgan fingerprint density at radius 3 is 2.62 bits per heavy atom. The van der Waals surface area contributed by atoms with Crippen LogP contribution < -0.4 is 5.32 Å². The standard InChI is InChI=1S/C21H21Cl2N3/c22-19-5-4-17(13-20(19)23)21(26-10-1-7-24-9-11-26)16-2-3-18-14-25-8-6-15(18)12-16/h2-6,8,12-14,21,24H,1,7,9-11H2. The lowest BCUT2D eigenvalue weighted by Gasteiger charge is -2.31. The fraction of sp³-hybridized carbons (Fsp3) is 0.286. The van der Waals surface area contributed by atoms with Gasteiger partial charge in [0.25, 0.3) is 0 Å². The molecule has 1 aliphatic heterocycles. The van der Waals surface area contributed by atoms with Crippen molar-refractivity contribution in [2.24, 2.45) is 0 Å². The van der Waals surface area contributed by atoms with Crippen LogP contribution in [-0.4, -0.2) is 36.1 Å². The van der Waals surface area contributed by atoms with Gasteiger partial charge in [-0.1, -0.05) is 41.4 Å². The third-order valence-electron chi connectivity index (χ3n) is 4.98. The quantitative estimate of drug-likeness (QED) is 0.692. The molecule has 2 heterocycles. The summed E-state index contributed by atoms with van der Waals surface area (Å²) in [5, 5.41) is 7.04. The highest BCUT2D eigenvalue weighted by molar-refractivity contribution is 6.42. The van der Waals surface area contributed by atoms with Crippen molar-refractivity contribution >= 4 is 34.0 Å². The predicted octanol–water partition coefficient (Wildman–Crippen LogP) is 4.93. The average molecular weight is 386 g/mol. The molecule has 0 radical (unpaired) electrons. The minimum absolute atomic E-state index is 0.155. The Bertz CT molecular complexity index is 905. The first-order valence-corrected chi connectivity index (χ1v) is 9.71. The van der Waals surface area contributed by atoms with Gasteiger partial charge in [-0.25, -0.2) is 0 Å². The van der Waals surface area contributed by atoms with Gasteiger partial charge in [0.05, 0.1) is 16.1 Å². The number of nitrogens with zero attached hydrogens (tertiary/aromatic N) is 2. The molecule has 26 heavy (non-hydrogen) atoms. The molecule has 0 spiro atoms. The fourth-order valence-corrected chi connectivity index (χ4v) is 4.00. The van der Waals surface area contributed by atoms with Gasteiger partial charge in [0, 0.05) is 37.4 Å². The molecule has 1 aliphatic rings. The molecule has 0 amide bonds. The number of hydrogen-bond acceptors (Lipinski definition) is 3. The smallest absolute Gasteiger partial charge is 0.0603 e. The van der Waals surface area contributed by atoms with Gasteiger partial charge in [-0.2, -0.15) is 0 Å². The second kappa shape index (κ2) is 7.93. The van der Waals surface area contributed by atoms with Crippen molar-refractivity contribution in [3.05, 3.63) is 76.0 Å². The van der Waals surface area contributed by atoms with Crippen LogP contribution in [0.25, 0.3) is 10.8 Å². The van der Waals surface area contributed by atoms with Gasteiger partial charge in [0.15, 0.2) is 0 Å². The van der Waals surface area contributed by atoms with Crippen LogP contribution >= 0.6 is 23.2 Å². The zero-order valence-corrected chi connectivity index (χ0v) is 16.0. The summed E-state index contributed by atoms with van der Waals surface area (Å²) in [6.45, 7) is 4.11. The second-order valence-corrected chi connectivity index (χ2v) is 7.51. The van der Waals surface area contributed by atoms with E-state index in [2.05, 4.69) is 45.5 Å². The van der Waals surface area contributed by atoms with Gasteiger partial charge in [-0.05, 0) is 53.7 Å². The molecule has 1 fully saturated rings. The van der Waals surface area contributed by atoms with Crippen molar-refractivity contribution in [1.82, 2.24) is 15.2 Å². The van der Waals surface area contributed by atoms with E-state index in [9.17, 15) is 0 Å². The molecule has 1 N–H and O–H groups in total. The van der Waals surface area contributed by atoms with E-state index < -0.39 is 0 Å². The third-order valence-corrected chi connectivity index (χ3v) is 5.72. The van der Waals surface area contributed by atoms with Crippen LogP contribution in [0.15, 0.2) is 54.9 Å². The van der Waals surface area contributed by atoms with Crippen molar-refractivity contribution in [1.29, 1.82) is 0 Å². The number of nitrogens with one attached hydrogen (secondary N) is 1. The summed E-state index contributed by atoms with van der Waals surface area (Å²) in [6, 6.07) is 14.8. The highest BCUT2D eigenvalue weighted by atomic mass is 35.5. The molecule has 5 heteroatoms. The number of pyridine rings is 1. The van der Waals surface area contributed by atoms with Crippen LogP contribution in [0.5, 0.6) is 0 Å². The molecule has 0 saturated carbocycles. The summed E-state index contributed by atoms with van der Waals surface area (Å²) in [5.74, 6) is 0. The normalized spacial score (nSPS) is 17.2. The highest BCUT2D eigenvalue weighted by Crippen LogP contribution is 2.34. The first-order valence-electron chi connectivity index (χ1n) is 8.96. The predicted molar refractivity (Wildman–Crippen MR) is 109 cm³/mol. The fourth-order valence-electron chi connectivity index (χ4n) is 3.69. The molecule has 0 aliphatic carbocycles. The van der Waals surface area contributed by atoms with Crippen molar-refractivity contribution in [3.8, 4) is 0 Å². The topological polar surface area (TPSA) is 28.2 Å². The number of halogens is 2. The minimum atomic E-state index is 0.155. The van der Waals surface area contributed by atoms with Crippen LogP contribution in [0.3, 0.4) is 0 Å². The molecule has 1 atom stereocenters. The molecule has 1 unspecified atom stereocenters. The van der Waals surface area contributed by atoms with Gasteiger partial charge >= 0.3 is 0 Å². The Morgan fingerprint density at radius 2 is 1.73 bits per heavy atom. The maximum absolute atomic E-state index is 6.34. The molecule has 4 rings (SSSR count). The zero-order valence-electron chi connectivity index (χ0n) is 14.5. The maximum atomic E-state index is 6.34. The summed E-state index contributed by atoms with van der Waals surface area (Å²) in [5.41, 5.74) is 2.44. The van der Waals surface area contributed by atoms with E-state index in [-0.39, 0.29) is 6.04 Å². The summed E-state index contributed by atoms with van der Waals surface area (Å²) < 4.78 is 0. The van der Waals surface area contributed by atoms with Crippen molar-refractivity contribution in [2.45, 2.75) is 12.5 Å². The lowest BCUT2D eigenvalue weighted by atomic mass is 9.95. The number of aromatic nitrogens is 1. The van der Waals surface area contributed by atoms with Crippen LogP contribution in [-0.2, 0) is 0 Å². The number of benzene rings is 2. The Morgan fingerprint density at radius 1 is 0.885 bits per heavy atom. The monoisotopic (exact) mass is 385 g/mol. The van der Waals surface area contributed by atoms with Crippen molar-refractivity contribution in [2.75, 3.05) is 26.2 Å². The van der Waals surface area contributed by atoms with Gasteiger partial charge in [0.1, 0.15) is 0 Å². The molecule has 3 nitrogen and oxygen atoms in total. The van der Waals surface area contributed by atoms with E-state index in [1.807, 2.05) is 24.5 Å². The van der Waals surface area contributed by atoms with Gasteiger partial charge in [-0.3, -0.25) is 9.88 Å². The Hall–Kier alpha value is -1.65. The van der Waals surface area contributed by atoms with Crippen LogP contribution in [0.2, 0.25) is 10.0 Å². The Kier molecular flexibility index (Phi) is 5.41. The average Bonchev–Trinajstić information content (AvgIpc) is 2.94. The second-order valence-electron chi connectivity index (χ2n) is 6.70. The summed E-state index contributed by atoms with van der Waals surface area (Å²) in [7, 11) is 0. The molecular formula is C21H21Cl2N3. The molecule has 134 valence electrons. The maximum Gasteiger partial charge on any atom is 0.0603 e. The highest BCUT2D eigenvalue weighted by Gasteiger charge is 2.24. The molecule has 1 saturated heterocycles. The van der Waals surface area contributed by atoms with E-state index in [4.69, 9.17) is 23.2 Å². The molecule has 0 bridgehead atoms. The van der Waals surface area contributed by atoms with Crippen LogP contribution in [0, 0.1) is 0 Å². The number of fused-ring (bicyclic) bond motifs is 1. The SMILES string of the molecule is Clc1ccc(C(c2ccc3cnccc3c2)N2CCCNCC2)cc1Cl. The first-order chi connectivity index (χ1) is 12.7. The molecular weight excluding hydrogens is 365 g/mol. The lowest BCUT2D eigenvalue weighted by Crippen LogP contribution is -2.33. The van der Waals surface area contributed by atoms with E-state index in [0.717, 1.165) is 38.0 Å². The van der Waals surface area contributed by atoms with E-state index in [0.29, 0.717) is 10.0 Å². The Labute approximate surface area is 163 Å². The minimum Gasteiger partial charge on any atom is -0.315 e. The van der Waals surface area contributed by atoms with E-state index in [1.165, 1.54) is 16.5 Å². The third kappa shape index (κ3) is 3.72. The summed E-state index contributed by atoms with van der Waals surface area (Å²) in [4.78, 5) is 6.75. The lowest BCUT2D eigenvalue weighted by molar-refractivity contribution is 0.241. The molecule has 1 aromatic heterocycles. The first kappa shape index (κ1) is 17.7. The van der Waals surface area contributed by atoms with E-state index >= 15 is 0 Å². The largest absolute Gasteiger partial charge is 0.315 e. The van der Waals surface area contributed by atoms with Crippen LogP contribution in [0.4, 0.5) is 0 Å². The van der Waals surface area contributed by atoms with Gasteiger partial charge in [0.2, 0.25) is 0 Å². The molecule has 3 aromatic rings. The summed E-state index contributed by atoms with van der Waals surface area (Å²) >= 11 is 12.5. The number of hydrogen-bond donors (Lipinski definition) is 1. The Balaban J connectivity index is 1.81.